The molecule has 0 spiro atoms. The van der Waals surface area contributed by atoms with Crippen LogP contribution < -0.4 is 16.2 Å². The number of carbonyl (C=O) groups excluding carboxylic acids is 1. The molecule has 0 saturated carbocycles. The highest BCUT2D eigenvalue weighted by Crippen LogP contribution is 2.27. The van der Waals surface area contributed by atoms with E-state index >= 15 is 0 Å². The van der Waals surface area contributed by atoms with Gasteiger partial charge in [-0.3, -0.25) is 14.3 Å². The standard InChI is InChI=1S/C27H24N6O2S/c1-18-24(26(35)33(32(18)2)20-13-7-4-8-14-20)30-23(34)17-36-27-29-22-16-10-9-15-21(22)25(31-27)28-19-11-5-3-6-12-19/h3-16H,17H2,1-2H3,(H,30,34)(H,28,29,31). The number of nitrogens with zero attached hydrogens (tertiary/aromatic N) is 4. The van der Waals surface area contributed by atoms with Crippen LogP contribution in [0, 0.1) is 6.92 Å². The molecule has 1 amide bonds. The van der Waals surface area contributed by atoms with E-state index in [1.807, 2.05) is 84.9 Å². The summed E-state index contributed by atoms with van der Waals surface area (Å²) in [5.41, 5.74) is 3.06. The number of fused-ring (bicyclic) bond motifs is 1. The Morgan fingerprint density at radius 2 is 1.58 bits per heavy atom. The van der Waals surface area contributed by atoms with Gasteiger partial charge in [0.25, 0.3) is 5.56 Å². The monoisotopic (exact) mass is 496 g/mol. The molecule has 5 rings (SSSR count). The van der Waals surface area contributed by atoms with E-state index in [0.717, 1.165) is 22.3 Å². The number of amides is 1. The number of thioether (sulfide) groups is 1. The number of hydrogen-bond donors (Lipinski definition) is 2. The third-order valence-corrected chi connectivity index (χ3v) is 6.62. The average molecular weight is 497 g/mol. The molecule has 0 aliphatic rings. The quantitative estimate of drug-likeness (QED) is 0.246. The molecule has 2 N–H and O–H groups in total. The molecular formula is C27H24N6O2S. The summed E-state index contributed by atoms with van der Waals surface area (Å²) in [6.45, 7) is 1.80. The molecular weight excluding hydrogens is 472 g/mol. The fraction of sp³-hybridized carbons (Fsp3) is 0.111. The van der Waals surface area contributed by atoms with E-state index in [0.29, 0.717) is 16.7 Å². The molecule has 5 aromatic rings. The largest absolute Gasteiger partial charge is 0.340 e. The predicted molar refractivity (Wildman–Crippen MR) is 144 cm³/mol. The summed E-state index contributed by atoms with van der Waals surface area (Å²) in [5.74, 6) is 0.419. The van der Waals surface area contributed by atoms with Crippen LogP contribution in [0.4, 0.5) is 17.2 Å². The summed E-state index contributed by atoms with van der Waals surface area (Å²) in [4.78, 5) is 35.2. The topological polar surface area (TPSA) is 93.8 Å². The van der Waals surface area contributed by atoms with E-state index in [1.165, 1.54) is 16.4 Å². The lowest BCUT2D eigenvalue weighted by Gasteiger charge is -2.10. The van der Waals surface area contributed by atoms with Gasteiger partial charge in [-0.2, -0.15) is 0 Å². The molecule has 3 aromatic carbocycles. The third kappa shape index (κ3) is 4.73. The van der Waals surface area contributed by atoms with Gasteiger partial charge in [-0.15, -0.1) is 0 Å². The highest BCUT2D eigenvalue weighted by Gasteiger charge is 2.18. The second-order valence-corrected chi connectivity index (χ2v) is 9.08. The number of nitrogens with one attached hydrogen (secondary N) is 2. The lowest BCUT2D eigenvalue weighted by Crippen LogP contribution is -2.23. The number of aromatic nitrogens is 4. The van der Waals surface area contributed by atoms with E-state index in [2.05, 4.69) is 20.6 Å². The van der Waals surface area contributed by atoms with Gasteiger partial charge in [-0.25, -0.2) is 14.6 Å². The summed E-state index contributed by atoms with van der Waals surface area (Å²) in [7, 11) is 1.79. The van der Waals surface area contributed by atoms with Crippen molar-refractivity contribution in [3.05, 3.63) is 101 Å². The molecule has 2 heterocycles. The van der Waals surface area contributed by atoms with Gasteiger partial charge in [0, 0.05) is 18.1 Å². The van der Waals surface area contributed by atoms with Gasteiger partial charge < -0.3 is 10.6 Å². The number of anilines is 3. The Morgan fingerprint density at radius 3 is 2.33 bits per heavy atom. The van der Waals surface area contributed by atoms with Crippen molar-refractivity contribution in [1.29, 1.82) is 0 Å². The van der Waals surface area contributed by atoms with Crippen molar-refractivity contribution in [2.45, 2.75) is 12.1 Å². The fourth-order valence-electron chi connectivity index (χ4n) is 3.89. The lowest BCUT2D eigenvalue weighted by atomic mass is 10.2. The van der Waals surface area contributed by atoms with Crippen molar-refractivity contribution in [1.82, 2.24) is 19.3 Å². The molecule has 0 unspecified atom stereocenters. The van der Waals surface area contributed by atoms with Gasteiger partial charge in [-0.05, 0) is 43.3 Å². The highest BCUT2D eigenvalue weighted by molar-refractivity contribution is 7.99. The molecule has 36 heavy (non-hydrogen) atoms. The minimum absolute atomic E-state index is 0.0578. The maximum atomic E-state index is 13.1. The normalized spacial score (nSPS) is 10.9. The number of rotatable bonds is 7. The van der Waals surface area contributed by atoms with Gasteiger partial charge in [-0.1, -0.05) is 60.3 Å². The lowest BCUT2D eigenvalue weighted by molar-refractivity contribution is -0.113. The van der Waals surface area contributed by atoms with Crippen LogP contribution in [0.5, 0.6) is 0 Å². The van der Waals surface area contributed by atoms with Gasteiger partial charge in [0.1, 0.15) is 11.5 Å². The highest BCUT2D eigenvalue weighted by atomic mass is 32.2. The number of carbonyl (C=O) groups is 1. The molecule has 9 heteroatoms. The Morgan fingerprint density at radius 1 is 0.917 bits per heavy atom. The SMILES string of the molecule is Cc1c(NC(=O)CSc2nc(Nc3ccccc3)c3ccccc3n2)c(=O)n(-c2ccccc2)n1C. The first-order chi connectivity index (χ1) is 17.5. The molecule has 2 aromatic heterocycles. The summed E-state index contributed by atoms with van der Waals surface area (Å²) < 4.78 is 3.26. The van der Waals surface area contributed by atoms with Crippen LogP contribution in [0.2, 0.25) is 0 Å². The van der Waals surface area contributed by atoms with Crippen LogP contribution in [0.15, 0.2) is 94.9 Å². The summed E-state index contributed by atoms with van der Waals surface area (Å²) >= 11 is 1.22. The van der Waals surface area contributed by atoms with Crippen molar-refractivity contribution < 1.29 is 4.79 Å². The second-order valence-electron chi connectivity index (χ2n) is 8.14. The van der Waals surface area contributed by atoms with E-state index < -0.39 is 0 Å². The average Bonchev–Trinajstić information content (AvgIpc) is 3.11. The molecule has 0 radical (unpaired) electrons. The van der Waals surface area contributed by atoms with E-state index in [4.69, 9.17) is 0 Å². The summed E-state index contributed by atoms with van der Waals surface area (Å²) in [6, 6.07) is 26.8. The zero-order chi connectivity index (χ0) is 25.1. The van der Waals surface area contributed by atoms with Crippen LogP contribution in [-0.4, -0.2) is 31.0 Å². The minimum Gasteiger partial charge on any atom is -0.340 e. The second kappa shape index (κ2) is 10.1. The summed E-state index contributed by atoms with van der Waals surface area (Å²) in [5, 5.41) is 7.48. The maximum absolute atomic E-state index is 13.1. The fourth-order valence-corrected chi connectivity index (χ4v) is 4.54. The van der Waals surface area contributed by atoms with Crippen molar-refractivity contribution in [3.63, 3.8) is 0 Å². The Hall–Kier alpha value is -4.37. The molecule has 180 valence electrons. The summed E-state index contributed by atoms with van der Waals surface area (Å²) in [6.07, 6.45) is 0. The molecule has 0 atom stereocenters. The van der Waals surface area contributed by atoms with Crippen molar-refractivity contribution in [3.8, 4) is 5.69 Å². The van der Waals surface area contributed by atoms with Crippen LogP contribution in [0.3, 0.4) is 0 Å². The zero-order valence-electron chi connectivity index (χ0n) is 19.8. The van der Waals surface area contributed by atoms with E-state index in [-0.39, 0.29) is 22.9 Å². The van der Waals surface area contributed by atoms with Gasteiger partial charge in [0.05, 0.1) is 22.7 Å². The minimum atomic E-state index is -0.305. The molecule has 0 aliphatic carbocycles. The van der Waals surface area contributed by atoms with Gasteiger partial charge >= 0.3 is 0 Å². The molecule has 0 aliphatic heterocycles. The Labute approximate surface area is 212 Å². The number of benzene rings is 3. The smallest absolute Gasteiger partial charge is 0.295 e. The van der Waals surface area contributed by atoms with Crippen LogP contribution in [0.25, 0.3) is 16.6 Å². The van der Waals surface area contributed by atoms with Crippen LogP contribution in [-0.2, 0) is 11.8 Å². The molecule has 0 bridgehead atoms. The van der Waals surface area contributed by atoms with E-state index in [1.54, 1.807) is 18.7 Å². The maximum Gasteiger partial charge on any atom is 0.295 e. The molecule has 8 nitrogen and oxygen atoms in total. The van der Waals surface area contributed by atoms with Crippen molar-refractivity contribution in [2.24, 2.45) is 7.05 Å². The van der Waals surface area contributed by atoms with Crippen molar-refractivity contribution >= 4 is 45.8 Å². The zero-order valence-corrected chi connectivity index (χ0v) is 20.6. The first-order valence-electron chi connectivity index (χ1n) is 11.4. The predicted octanol–water partition coefficient (Wildman–Crippen LogP) is 4.90. The Kier molecular flexibility index (Phi) is 6.55. The molecule has 0 fully saturated rings. The van der Waals surface area contributed by atoms with Gasteiger partial charge in [0.2, 0.25) is 5.91 Å². The first-order valence-corrected chi connectivity index (χ1v) is 12.4. The van der Waals surface area contributed by atoms with Crippen LogP contribution >= 0.6 is 11.8 Å². The van der Waals surface area contributed by atoms with Crippen molar-refractivity contribution in [2.75, 3.05) is 16.4 Å². The third-order valence-electron chi connectivity index (χ3n) is 5.77. The van der Waals surface area contributed by atoms with E-state index in [9.17, 15) is 9.59 Å². The van der Waals surface area contributed by atoms with Gasteiger partial charge in [0.15, 0.2) is 5.16 Å². The molecule has 0 saturated heterocycles. The van der Waals surface area contributed by atoms with Crippen LogP contribution in [0.1, 0.15) is 5.69 Å². The Bertz CT molecular complexity index is 1600. The Balaban J connectivity index is 1.35. The number of hydrogen-bond acceptors (Lipinski definition) is 6. The number of para-hydroxylation sites is 3. The first kappa shape index (κ1) is 23.4.